The van der Waals surface area contributed by atoms with Crippen molar-refractivity contribution in [3.05, 3.63) is 35.8 Å². The monoisotopic (exact) mass is 350 g/mol. The van der Waals surface area contributed by atoms with Crippen molar-refractivity contribution in [3.63, 3.8) is 0 Å². The largest absolute Gasteiger partial charge is 0.466 e. The molecular formula is C18H23FN2O4. The van der Waals surface area contributed by atoms with Gasteiger partial charge in [0.25, 0.3) is 0 Å². The minimum absolute atomic E-state index is 0.131. The van der Waals surface area contributed by atoms with Crippen molar-refractivity contribution in [3.8, 4) is 0 Å². The lowest BCUT2D eigenvalue weighted by atomic mass is 9.99. The average molecular weight is 350 g/mol. The molecule has 0 saturated carbocycles. The van der Waals surface area contributed by atoms with Crippen molar-refractivity contribution in [2.24, 2.45) is 5.92 Å². The molecule has 0 radical (unpaired) electrons. The first-order valence-corrected chi connectivity index (χ1v) is 8.14. The maximum absolute atomic E-state index is 14.5. The van der Waals surface area contributed by atoms with E-state index in [0.29, 0.717) is 17.3 Å². The minimum atomic E-state index is -0.750. The van der Waals surface area contributed by atoms with Crippen molar-refractivity contribution in [1.82, 2.24) is 0 Å². The van der Waals surface area contributed by atoms with E-state index in [1.165, 1.54) is 20.3 Å². The summed E-state index contributed by atoms with van der Waals surface area (Å²) in [5, 5.41) is 2.70. The fourth-order valence-electron chi connectivity index (χ4n) is 2.68. The lowest BCUT2D eigenvalue weighted by Gasteiger charge is -2.32. The Kier molecular flexibility index (Phi) is 6.38. The molecule has 0 amide bonds. The first-order valence-electron chi connectivity index (χ1n) is 8.14. The topological polar surface area (TPSA) is 67.9 Å². The Morgan fingerprint density at radius 2 is 1.92 bits per heavy atom. The number of halogens is 1. The molecule has 1 N–H and O–H groups in total. The molecule has 0 aromatic heterocycles. The predicted octanol–water partition coefficient (Wildman–Crippen LogP) is 2.70. The fraction of sp³-hybridized carbons (Fsp3) is 0.444. The van der Waals surface area contributed by atoms with E-state index >= 15 is 0 Å². The van der Waals surface area contributed by atoms with E-state index in [0.717, 1.165) is 32.0 Å². The zero-order chi connectivity index (χ0) is 18.4. The molecule has 7 heteroatoms. The minimum Gasteiger partial charge on any atom is -0.466 e. The average Bonchev–Trinajstić information content (AvgIpc) is 2.61. The summed E-state index contributed by atoms with van der Waals surface area (Å²) in [6.45, 7) is 3.84. The quantitative estimate of drug-likeness (QED) is 0.650. The second-order valence-electron chi connectivity index (χ2n) is 6.03. The Morgan fingerprint density at radius 1 is 1.24 bits per heavy atom. The summed E-state index contributed by atoms with van der Waals surface area (Å²) in [6, 6.07) is 4.62. The van der Waals surface area contributed by atoms with Gasteiger partial charge in [0.15, 0.2) is 0 Å². The summed E-state index contributed by atoms with van der Waals surface area (Å²) in [5.74, 6) is -1.19. The van der Waals surface area contributed by atoms with E-state index in [1.54, 1.807) is 12.1 Å². The van der Waals surface area contributed by atoms with Crippen LogP contribution >= 0.6 is 0 Å². The van der Waals surface area contributed by atoms with Crippen LogP contribution in [0.2, 0.25) is 0 Å². The van der Waals surface area contributed by atoms with Crippen molar-refractivity contribution in [1.29, 1.82) is 0 Å². The number of rotatable bonds is 5. The molecule has 1 aromatic carbocycles. The maximum atomic E-state index is 14.5. The van der Waals surface area contributed by atoms with Crippen molar-refractivity contribution >= 4 is 23.3 Å². The molecule has 1 fully saturated rings. The highest BCUT2D eigenvalue weighted by atomic mass is 19.1. The van der Waals surface area contributed by atoms with Crippen molar-refractivity contribution < 1.29 is 23.5 Å². The number of anilines is 2. The molecule has 0 bridgehead atoms. The highest BCUT2D eigenvalue weighted by molar-refractivity contribution is 5.98. The Balaban J connectivity index is 2.17. The molecule has 1 heterocycles. The van der Waals surface area contributed by atoms with Gasteiger partial charge >= 0.3 is 11.9 Å². The first-order chi connectivity index (χ1) is 11.9. The molecule has 25 heavy (non-hydrogen) atoms. The first kappa shape index (κ1) is 18.8. The van der Waals surface area contributed by atoms with E-state index in [1.807, 2.05) is 4.90 Å². The van der Waals surface area contributed by atoms with Crippen LogP contribution in [0, 0.1) is 11.7 Å². The van der Waals surface area contributed by atoms with Gasteiger partial charge in [0.1, 0.15) is 11.5 Å². The summed E-state index contributed by atoms with van der Waals surface area (Å²) >= 11 is 0. The molecule has 0 spiro atoms. The standard InChI is InChI=1S/C18H23FN2O4/c1-12-6-8-21(9-7-12)16-5-4-13(10-14(16)19)20-15(18(23)25-3)11-17(22)24-2/h4-5,10-12,20H,6-9H2,1-3H3/b15-11+. The van der Waals surface area contributed by atoms with Gasteiger partial charge in [-0.1, -0.05) is 6.92 Å². The summed E-state index contributed by atoms with van der Waals surface area (Å²) in [6.07, 6.45) is 3.03. The Hall–Kier alpha value is -2.57. The molecule has 1 aliphatic heterocycles. The lowest BCUT2D eigenvalue weighted by Crippen LogP contribution is -2.33. The number of benzene rings is 1. The van der Waals surface area contributed by atoms with Crippen LogP contribution in [-0.4, -0.2) is 39.2 Å². The molecule has 0 unspecified atom stereocenters. The Morgan fingerprint density at radius 3 is 2.48 bits per heavy atom. The van der Waals surface area contributed by atoms with E-state index in [9.17, 15) is 14.0 Å². The number of nitrogens with zero attached hydrogens (tertiary/aromatic N) is 1. The molecular weight excluding hydrogens is 327 g/mol. The SMILES string of the molecule is COC(=O)/C=C(/Nc1ccc(N2CCC(C)CC2)c(F)c1)C(=O)OC. The molecule has 0 atom stereocenters. The highest BCUT2D eigenvalue weighted by Crippen LogP contribution is 2.27. The third-order valence-corrected chi connectivity index (χ3v) is 4.22. The van der Waals surface area contributed by atoms with E-state index < -0.39 is 11.9 Å². The predicted molar refractivity (Wildman–Crippen MR) is 92.7 cm³/mol. The molecule has 1 saturated heterocycles. The van der Waals surface area contributed by atoms with E-state index in [-0.39, 0.29) is 11.5 Å². The van der Waals surface area contributed by atoms with Gasteiger partial charge in [-0.3, -0.25) is 0 Å². The molecule has 1 aliphatic rings. The highest BCUT2D eigenvalue weighted by Gasteiger charge is 2.19. The number of carbonyl (C=O) groups is 2. The van der Waals surface area contributed by atoms with Gasteiger partial charge in [-0.15, -0.1) is 0 Å². The summed E-state index contributed by atoms with van der Waals surface area (Å²) in [7, 11) is 2.39. The molecule has 1 aromatic rings. The number of esters is 2. The third-order valence-electron chi connectivity index (χ3n) is 4.22. The number of hydrogen-bond acceptors (Lipinski definition) is 6. The zero-order valence-electron chi connectivity index (χ0n) is 14.7. The molecule has 6 nitrogen and oxygen atoms in total. The van der Waals surface area contributed by atoms with Crippen molar-refractivity contribution in [2.75, 3.05) is 37.5 Å². The van der Waals surface area contributed by atoms with Crippen LogP contribution in [0.5, 0.6) is 0 Å². The van der Waals surface area contributed by atoms with Gasteiger partial charge in [-0.2, -0.15) is 0 Å². The van der Waals surface area contributed by atoms with E-state index in [2.05, 4.69) is 21.7 Å². The van der Waals surface area contributed by atoms with Crippen LogP contribution in [0.3, 0.4) is 0 Å². The Labute approximate surface area is 146 Å². The van der Waals surface area contributed by atoms with Crippen LogP contribution in [0.1, 0.15) is 19.8 Å². The number of piperidine rings is 1. The van der Waals surface area contributed by atoms with E-state index in [4.69, 9.17) is 0 Å². The van der Waals surface area contributed by atoms with Crippen molar-refractivity contribution in [2.45, 2.75) is 19.8 Å². The maximum Gasteiger partial charge on any atom is 0.354 e. The van der Waals surface area contributed by atoms with Gasteiger partial charge < -0.3 is 19.7 Å². The van der Waals surface area contributed by atoms with Crippen LogP contribution in [0.4, 0.5) is 15.8 Å². The van der Waals surface area contributed by atoms with Gasteiger partial charge in [0.05, 0.1) is 26.0 Å². The zero-order valence-corrected chi connectivity index (χ0v) is 14.7. The normalized spacial score (nSPS) is 15.7. The third kappa shape index (κ3) is 4.95. The second-order valence-corrected chi connectivity index (χ2v) is 6.03. The molecule has 136 valence electrons. The van der Waals surface area contributed by atoms with Crippen LogP contribution in [0.15, 0.2) is 30.0 Å². The van der Waals surface area contributed by atoms with Gasteiger partial charge in [0.2, 0.25) is 0 Å². The van der Waals surface area contributed by atoms with Crippen LogP contribution in [0.25, 0.3) is 0 Å². The smallest absolute Gasteiger partial charge is 0.354 e. The summed E-state index contributed by atoms with van der Waals surface area (Å²) in [5.41, 5.74) is 0.745. The number of ether oxygens (including phenoxy) is 2. The van der Waals surface area contributed by atoms with Gasteiger partial charge in [-0.05, 0) is 37.0 Å². The molecule has 0 aliphatic carbocycles. The number of nitrogens with one attached hydrogen (secondary N) is 1. The number of hydrogen-bond donors (Lipinski definition) is 1. The molecule has 2 rings (SSSR count). The van der Waals surface area contributed by atoms with Gasteiger partial charge in [0, 0.05) is 18.8 Å². The van der Waals surface area contributed by atoms with Gasteiger partial charge in [-0.25, -0.2) is 14.0 Å². The fourth-order valence-corrected chi connectivity index (χ4v) is 2.68. The second kappa shape index (κ2) is 8.50. The number of carbonyl (C=O) groups excluding carboxylic acids is 2. The summed E-state index contributed by atoms with van der Waals surface area (Å²) in [4.78, 5) is 25.1. The lowest BCUT2D eigenvalue weighted by molar-refractivity contribution is -0.138. The number of methoxy groups -OCH3 is 2. The Bertz CT molecular complexity index is 667. The van der Waals surface area contributed by atoms with Crippen LogP contribution in [-0.2, 0) is 19.1 Å². The van der Waals surface area contributed by atoms with Crippen LogP contribution < -0.4 is 10.2 Å². The summed E-state index contributed by atoms with van der Waals surface area (Å²) < 4.78 is 23.6.